The highest BCUT2D eigenvalue weighted by Crippen LogP contribution is 2.28. The molecule has 190 valence electrons. The van der Waals surface area contributed by atoms with E-state index in [2.05, 4.69) is 25.6 Å². The lowest BCUT2D eigenvalue weighted by molar-refractivity contribution is 0.0902. The maximum Gasteiger partial charge on any atom is 0.289 e. The van der Waals surface area contributed by atoms with Crippen LogP contribution in [0, 0.1) is 12.7 Å². The van der Waals surface area contributed by atoms with Crippen molar-refractivity contribution in [2.45, 2.75) is 70.5 Å². The van der Waals surface area contributed by atoms with Crippen molar-refractivity contribution in [1.82, 2.24) is 15.3 Å². The van der Waals surface area contributed by atoms with Gasteiger partial charge in [-0.3, -0.25) is 4.79 Å². The van der Waals surface area contributed by atoms with Crippen molar-refractivity contribution in [3.63, 3.8) is 0 Å². The minimum absolute atomic E-state index is 0.00899. The van der Waals surface area contributed by atoms with Gasteiger partial charge in [0.1, 0.15) is 11.6 Å². The van der Waals surface area contributed by atoms with Crippen LogP contribution in [-0.2, 0) is 6.42 Å². The summed E-state index contributed by atoms with van der Waals surface area (Å²) in [5.74, 6) is 0.0705. The number of rotatable bonds is 7. The molecule has 9 heteroatoms. The van der Waals surface area contributed by atoms with E-state index in [1.807, 2.05) is 39.0 Å². The summed E-state index contributed by atoms with van der Waals surface area (Å²) in [6, 6.07) is 12.1. The van der Waals surface area contributed by atoms with E-state index in [-0.39, 0.29) is 35.6 Å². The molecular formula is C27H34FN7O. The predicted octanol–water partition coefficient (Wildman–Crippen LogP) is 3.82. The molecule has 1 aromatic heterocycles. The second kappa shape index (κ2) is 10.5. The van der Waals surface area contributed by atoms with Gasteiger partial charge in [0, 0.05) is 10.9 Å². The van der Waals surface area contributed by atoms with Gasteiger partial charge in [-0.2, -0.15) is 0 Å². The summed E-state index contributed by atoms with van der Waals surface area (Å²) < 4.78 is 13.3. The molecule has 1 saturated carbocycles. The zero-order valence-electron chi connectivity index (χ0n) is 21.0. The highest BCUT2D eigenvalue weighted by Gasteiger charge is 2.28. The quantitative estimate of drug-likeness (QED) is 0.293. The monoisotopic (exact) mass is 491 g/mol. The number of nitrogens with one attached hydrogen (secondary N) is 2. The smallest absolute Gasteiger partial charge is 0.289 e. The van der Waals surface area contributed by atoms with Crippen LogP contribution in [0.15, 0.2) is 47.5 Å². The summed E-state index contributed by atoms with van der Waals surface area (Å²) in [5.41, 5.74) is 13.4. The minimum atomic E-state index is -0.601. The molecular weight excluding hydrogens is 457 g/mol. The number of halogens is 1. The van der Waals surface area contributed by atoms with Crippen LogP contribution in [-0.4, -0.2) is 39.5 Å². The van der Waals surface area contributed by atoms with Crippen molar-refractivity contribution in [2.75, 3.05) is 5.32 Å². The molecule has 0 saturated heterocycles. The molecule has 3 aromatic rings. The first-order valence-corrected chi connectivity index (χ1v) is 12.3. The van der Waals surface area contributed by atoms with Crippen LogP contribution in [0.1, 0.15) is 61.3 Å². The van der Waals surface area contributed by atoms with E-state index in [4.69, 9.17) is 11.5 Å². The summed E-state index contributed by atoms with van der Waals surface area (Å²) in [6.07, 6.45) is 4.41. The van der Waals surface area contributed by atoms with Crippen molar-refractivity contribution in [3.05, 3.63) is 65.2 Å². The Balaban J connectivity index is 1.62. The molecule has 0 aliphatic heterocycles. The largest absolute Gasteiger partial charge is 0.370 e. The van der Waals surface area contributed by atoms with Crippen LogP contribution in [0.4, 0.5) is 10.2 Å². The van der Waals surface area contributed by atoms with E-state index in [1.165, 1.54) is 12.1 Å². The Bertz CT molecular complexity index is 1270. The number of nitrogens with two attached hydrogens (primary N) is 2. The number of carbonyl (C=O) groups excluding carboxylic acids is 1. The lowest BCUT2D eigenvalue weighted by atomic mass is 9.90. The van der Waals surface area contributed by atoms with Crippen molar-refractivity contribution in [2.24, 2.45) is 16.5 Å². The molecule has 0 bridgehead atoms. The standard InChI is InChI=1S/C27H34FN7O/c1-16-8-13-20-19(14-16)23(32-21-6-4-5-7-22(21)33-26(29)30)34-24(31-20)25(36)35-27(2,3)15-17-9-11-18(28)12-10-17/h8-14,21-22H,4-7,15H2,1-3H3,(H,35,36)(H4,29,30,33)(H,31,32,34). The second-order valence-corrected chi connectivity index (χ2v) is 10.2. The van der Waals surface area contributed by atoms with Crippen molar-refractivity contribution < 1.29 is 9.18 Å². The average molecular weight is 492 g/mol. The number of hydrogen-bond donors (Lipinski definition) is 4. The number of carbonyl (C=O) groups is 1. The van der Waals surface area contributed by atoms with Crippen molar-refractivity contribution in [3.8, 4) is 0 Å². The molecule has 0 spiro atoms. The van der Waals surface area contributed by atoms with Gasteiger partial charge >= 0.3 is 0 Å². The Morgan fingerprint density at radius 2 is 1.83 bits per heavy atom. The number of anilines is 1. The molecule has 1 aliphatic rings. The molecule has 1 heterocycles. The van der Waals surface area contributed by atoms with Gasteiger partial charge in [-0.25, -0.2) is 19.4 Å². The molecule has 1 aliphatic carbocycles. The number of fused-ring (bicyclic) bond motifs is 1. The summed E-state index contributed by atoms with van der Waals surface area (Å²) in [7, 11) is 0. The number of hydrogen-bond acceptors (Lipinski definition) is 5. The van der Waals surface area contributed by atoms with Crippen LogP contribution >= 0.6 is 0 Å². The second-order valence-electron chi connectivity index (χ2n) is 10.2. The summed E-state index contributed by atoms with van der Waals surface area (Å²) in [5, 5.41) is 7.40. The molecule has 2 unspecified atom stereocenters. The van der Waals surface area contributed by atoms with Crippen LogP contribution < -0.4 is 22.1 Å². The predicted molar refractivity (Wildman–Crippen MR) is 141 cm³/mol. The summed E-state index contributed by atoms with van der Waals surface area (Å²) in [6.45, 7) is 5.84. The van der Waals surface area contributed by atoms with Gasteiger partial charge < -0.3 is 22.1 Å². The summed E-state index contributed by atoms with van der Waals surface area (Å²) in [4.78, 5) is 26.9. The molecule has 1 fully saturated rings. The highest BCUT2D eigenvalue weighted by molar-refractivity contribution is 5.97. The van der Waals surface area contributed by atoms with E-state index in [0.717, 1.165) is 42.2 Å². The molecule has 1 amide bonds. The van der Waals surface area contributed by atoms with Crippen molar-refractivity contribution in [1.29, 1.82) is 0 Å². The van der Waals surface area contributed by atoms with Crippen LogP contribution in [0.25, 0.3) is 10.9 Å². The van der Waals surface area contributed by atoms with Gasteiger partial charge in [0.05, 0.1) is 17.6 Å². The number of amides is 1. The van der Waals surface area contributed by atoms with Gasteiger partial charge in [0.25, 0.3) is 5.91 Å². The molecule has 8 nitrogen and oxygen atoms in total. The first-order chi connectivity index (χ1) is 17.1. The topological polar surface area (TPSA) is 131 Å². The van der Waals surface area contributed by atoms with Crippen LogP contribution in [0.2, 0.25) is 0 Å². The number of benzene rings is 2. The molecule has 2 aromatic carbocycles. The Morgan fingerprint density at radius 1 is 1.11 bits per heavy atom. The lowest BCUT2D eigenvalue weighted by Crippen LogP contribution is -2.45. The third kappa shape index (κ3) is 6.27. The van der Waals surface area contributed by atoms with Gasteiger partial charge in [-0.1, -0.05) is 36.6 Å². The van der Waals surface area contributed by atoms with E-state index >= 15 is 0 Å². The number of nitrogens with zero attached hydrogens (tertiary/aromatic N) is 3. The Morgan fingerprint density at radius 3 is 2.56 bits per heavy atom. The maximum atomic E-state index is 13.3. The van der Waals surface area contributed by atoms with Gasteiger partial charge in [0.2, 0.25) is 5.82 Å². The number of aromatic nitrogens is 2. The lowest BCUT2D eigenvalue weighted by Gasteiger charge is -2.30. The van der Waals surface area contributed by atoms with E-state index in [0.29, 0.717) is 17.8 Å². The molecule has 2 atom stereocenters. The number of guanidine groups is 1. The Kier molecular flexibility index (Phi) is 7.37. The van der Waals surface area contributed by atoms with E-state index in [9.17, 15) is 9.18 Å². The maximum absolute atomic E-state index is 13.3. The molecule has 6 N–H and O–H groups in total. The molecule has 0 radical (unpaired) electrons. The SMILES string of the molecule is Cc1ccc2nc(C(=O)NC(C)(C)Cc3ccc(F)cc3)nc(NC3CCCCC3N=C(N)N)c2c1. The zero-order chi connectivity index (χ0) is 25.9. The normalized spacial score (nSPS) is 18.0. The number of aryl methyl sites for hydroxylation is 1. The fourth-order valence-corrected chi connectivity index (χ4v) is 4.78. The fraction of sp³-hybridized carbons (Fsp3) is 0.407. The first kappa shape index (κ1) is 25.3. The zero-order valence-corrected chi connectivity index (χ0v) is 21.0. The van der Waals surface area contributed by atoms with Crippen LogP contribution in [0.5, 0.6) is 0 Å². The fourth-order valence-electron chi connectivity index (χ4n) is 4.78. The van der Waals surface area contributed by atoms with E-state index < -0.39 is 5.54 Å². The average Bonchev–Trinajstić information content (AvgIpc) is 2.81. The Hall–Kier alpha value is -3.75. The summed E-state index contributed by atoms with van der Waals surface area (Å²) >= 11 is 0. The van der Waals surface area contributed by atoms with E-state index in [1.54, 1.807) is 12.1 Å². The molecule has 36 heavy (non-hydrogen) atoms. The van der Waals surface area contributed by atoms with Gasteiger partial charge in [-0.05, 0) is 69.9 Å². The Labute approximate surface area is 210 Å². The third-order valence-corrected chi connectivity index (χ3v) is 6.43. The highest BCUT2D eigenvalue weighted by atomic mass is 19.1. The van der Waals surface area contributed by atoms with Gasteiger partial charge in [-0.15, -0.1) is 0 Å². The number of aliphatic imine (C=N–C) groups is 1. The van der Waals surface area contributed by atoms with Crippen LogP contribution in [0.3, 0.4) is 0 Å². The molecule has 4 rings (SSSR count). The minimum Gasteiger partial charge on any atom is -0.370 e. The third-order valence-electron chi connectivity index (χ3n) is 6.43. The van der Waals surface area contributed by atoms with Crippen molar-refractivity contribution >= 4 is 28.6 Å². The van der Waals surface area contributed by atoms with Gasteiger partial charge in [0.15, 0.2) is 5.96 Å². The first-order valence-electron chi connectivity index (χ1n) is 12.3.